The lowest BCUT2D eigenvalue weighted by molar-refractivity contribution is 0.164. The molecule has 6 nitrogen and oxygen atoms in total. The van der Waals surface area contributed by atoms with Crippen molar-refractivity contribution in [1.29, 1.82) is 5.26 Å². The molecule has 1 fully saturated rings. The van der Waals surface area contributed by atoms with Crippen LogP contribution in [0.2, 0.25) is 0 Å². The largest absolute Gasteiger partial charge is 0.368 e. The van der Waals surface area contributed by atoms with E-state index < -0.39 is 5.82 Å². The Hall–Kier alpha value is -2.46. The summed E-state index contributed by atoms with van der Waals surface area (Å²) in [5.41, 5.74) is 0.780. The highest BCUT2D eigenvalue weighted by atomic mass is 19.1. The van der Waals surface area contributed by atoms with Gasteiger partial charge in [-0.1, -0.05) is 18.1 Å². The molecule has 1 aliphatic rings. The van der Waals surface area contributed by atoms with Crippen LogP contribution in [-0.4, -0.2) is 41.2 Å². The molecule has 25 heavy (non-hydrogen) atoms. The fourth-order valence-electron chi connectivity index (χ4n) is 3.16. The van der Waals surface area contributed by atoms with Gasteiger partial charge in [-0.15, -0.1) is 0 Å². The standard InChI is InChI=1S/C18H22FN5O/c1-3-5-17-21-18(25-22-17)13(2)23-8-10-24(11-9-23)16-7-4-6-15(19)14(16)12-20/h4,6-7,13H,3,5,8-11H2,1-2H3/t13-/m1/s1. The van der Waals surface area contributed by atoms with E-state index in [1.54, 1.807) is 12.1 Å². The highest BCUT2D eigenvalue weighted by Gasteiger charge is 2.27. The van der Waals surface area contributed by atoms with Gasteiger partial charge in [-0.05, 0) is 25.5 Å². The van der Waals surface area contributed by atoms with Crippen LogP contribution in [0.5, 0.6) is 0 Å². The summed E-state index contributed by atoms with van der Waals surface area (Å²) in [6.07, 6.45) is 1.81. The molecule has 1 atom stereocenters. The molecule has 2 heterocycles. The molecule has 1 aromatic carbocycles. The van der Waals surface area contributed by atoms with E-state index >= 15 is 0 Å². The molecule has 0 unspecified atom stereocenters. The Balaban J connectivity index is 1.65. The second-order valence-corrected chi connectivity index (χ2v) is 6.24. The molecular weight excluding hydrogens is 321 g/mol. The Morgan fingerprint density at radius 3 is 2.76 bits per heavy atom. The van der Waals surface area contributed by atoms with Crippen molar-refractivity contribution in [3.8, 4) is 6.07 Å². The first kappa shape index (κ1) is 17.4. The summed E-state index contributed by atoms with van der Waals surface area (Å²) in [6.45, 7) is 7.15. The summed E-state index contributed by atoms with van der Waals surface area (Å²) in [7, 11) is 0. The number of benzene rings is 1. The molecule has 1 aromatic heterocycles. The van der Waals surface area contributed by atoms with Gasteiger partial charge in [0.25, 0.3) is 0 Å². The van der Waals surface area contributed by atoms with Crippen LogP contribution in [0.25, 0.3) is 0 Å². The molecule has 2 aromatic rings. The minimum atomic E-state index is -0.467. The maximum Gasteiger partial charge on any atom is 0.243 e. The van der Waals surface area contributed by atoms with E-state index in [9.17, 15) is 9.65 Å². The zero-order valence-electron chi connectivity index (χ0n) is 14.6. The molecule has 0 spiro atoms. The maximum absolute atomic E-state index is 13.8. The van der Waals surface area contributed by atoms with E-state index in [4.69, 9.17) is 4.52 Å². The van der Waals surface area contributed by atoms with Crippen molar-refractivity contribution in [3.63, 3.8) is 0 Å². The molecule has 0 saturated carbocycles. The molecule has 1 aliphatic heterocycles. The molecule has 0 radical (unpaired) electrons. The minimum Gasteiger partial charge on any atom is -0.368 e. The van der Waals surface area contributed by atoms with Crippen LogP contribution in [0.3, 0.4) is 0 Å². The summed E-state index contributed by atoms with van der Waals surface area (Å²) in [5.74, 6) is 0.923. The van der Waals surface area contributed by atoms with Crippen molar-refractivity contribution in [2.45, 2.75) is 32.7 Å². The van der Waals surface area contributed by atoms with Gasteiger partial charge in [0, 0.05) is 32.6 Å². The number of halogens is 1. The van der Waals surface area contributed by atoms with E-state index in [1.165, 1.54) is 6.07 Å². The van der Waals surface area contributed by atoms with Crippen LogP contribution in [0.15, 0.2) is 22.7 Å². The number of hydrogen-bond acceptors (Lipinski definition) is 6. The second-order valence-electron chi connectivity index (χ2n) is 6.24. The molecule has 7 heteroatoms. The summed E-state index contributed by atoms with van der Waals surface area (Å²) < 4.78 is 19.2. The highest BCUT2D eigenvalue weighted by molar-refractivity contribution is 5.60. The van der Waals surface area contributed by atoms with Gasteiger partial charge in [-0.3, -0.25) is 4.90 Å². The van der Waals surface area contributed by atoms with Crippen molar-refractivity contribution < 1.29 is 8.91 Å². The van der Waals surface area contributed by atoms with Crippen molar-refractivity contribution >= 4 is 5.69 Å². The summed E-state index contributed by atoms with van der Waals surface area (Å²) in [6, 6.07) is 6.79. The van der Waals surface area contributed by atoms with Crippen LogP contribution in [-0.2, 0) is 6.42 Å². The Kier molecular flexibility index (Phi) is 5.29. The van der Waals surface area contributed by atoms with E-state index in [-0.39, 0.29) is 11.6 Å². The van der Waals surface area contributed by atoms with Gasteiger partial charge < -0.3 is 9.42 Å². The first-order valence-corrected chi connectivity index (χ1v) is 8.64. The zero-order valence-corrected chi connectivity index (χ0v) is 14.6. The average molecular weight is 343 g/mol. The van der Waals surface area contributed by atoms with Gasteiger partial charge in [0.05, 0.1) is 11.7 Å². The molecule has 0 N–H and O–H groups in total. The topological polar surface area (TPSA) is 69.2 Å². The van der Waals surface area contributed by atoms with Crippen LogP contribution in [0, 0.1) is 17.1 Å². The van der Waals surface area contributed by atoms with Gasteiger partial charge in [-0.2, -0.15) is 10.2 Å². The lowest BCUT2D eigenvalue weighted by Crippen LogP contribution is -2.47. The van der Waals surface area contributed by atoms with Crippen molar-refractivity contribution in [2.75, 3.05) is 31.1 Å². The molecule has 0 aliphatic carbocycles. The number of nitrogens with zero attached hydrogens (tertiary/aromatic N) is 5. The molecule has 3 rings (SSSR count). The van der Waals surface area contributed by atoms with Gasteiger partial charge >= 0.3 is 0 Å². The number of anilines is 1. The van der Waals surface area contributed by atoms with Crippen LogP contribution < -0.4 is 4.90 Å². The van der Waals surface area contributed by atoms with Gasteiger partial charge in [0.15, 0.2) is 5.82 Å². The number of aryl methyl sites for hydroxylation is 1. The van der Waals surface area contributed by atoms with E-state index in [1.807, 2.05) is 6.07 Å². The molecule has 0 bridgehead atoms. The monoisotopic (exact) mass is 343 g/mol. The summed E-state index contributed by atoms with van der Waals surface area (Å²) >= 11 is 0. The van der Waals surface area contributed by atoms with Gasteiger partial charge in [0.2, 0.25) is 5.89 Å². The van der Waals surface area contributed by atoms with Crippen molar-refractivity contribution in [2.24, 2.45) is 0 Å². The SMILES string of the molecule is CCCc1noc([C@@H](C)N2CCN(c3cccc(F)c3C#N)CC2)n1. The van der Waals surface area contributed by atoms with Crippen molar-refractivity contribution in [1.82, 2.24) is 15.0 Å². The fourth-order valence-corrected chi connectivity index (χ4v) is 3.16. The quantitative estimate of drug-likeness (QED) is 0.831. The van der Waals surface area contributed by atoms with Crippen molar-refractivity contribution in [3.05, 3.63) is 41.3 Å². The molecule has 132 valence electrons. The number of nitriles is 1. The highest BCUT2D eigenvalue weighted by Crippen LogP contribution is 2.26. The predicted octanol–water partition coefficient (Wildman–Crippen LogP) is 2.92. The first-order chi connectivity index (χ1) is 12.1. The fraction of sp³-hybridized carbons (Fsp3) is 0.500. The van der Waals surface area contributed by atoms with Crippen LogP contribution >= 0.6 is 0 Å². The molecule has 1 saturated heterocycles. The maximum atomic E-state index is 13.8. The smallest absolute Gasteiger partial charge is 0.243 e. The summed E-state index contributed by atoms with van der Waals surface area (Å²) in [5, 5.41) is 13.2. The lowest BCUT2D eigenvalue weighted by Gasteiger charge is -2.38. The Labute approximate surface area is 146 Å². The number of piperazine rings is 1. The van der Waals surface area contributed by atoms with Gasteiger partial charge in [-0.25, -0.2) is 4.39 Å². The van der Waals surface area contributed by atoms with Crippen LogP contribution in [0.1, 0.15) is 43.6 Å². The average Bonchev–Trinajstić information content (AvgIpc) is 3.10. The zero-order chi connectivity index (χ0) is 17.8. The molecular formula is C18H22FN5O. The third-order valence-corrected chi connectivity index (χ3v) is 4.62. The third kappa shape index (κ3) is 3.64. The Morgan fingerprint density at radius 2 is 2.08 bits per heavy atom. The summed E-state index contributed by atoms with van der Waals surface area (Å²) in [4.78, 5) is 8.79. The number of aromatic nitrogens is 2. The Morgan fingerprint density at radius 1 is 1.32 bits per heavy atom. The van der Waals surface area contributed by atoms with E-state index in [0.717, 1.165) is 44.8 Å². The minimum absolute atomic E-state index is 0.0446. The second kappa shape index (κ2) is 7.62. The lowest BCUT2D eigenvalue weighted by atomic mass is 10.1. The predicted molar refractivity (Wildman–Crippen MR) is 91.6 cm³/mol. The van der Waals surface area contributed by atoms with E-state index in [0.29, 0.717) is 11.6 Å². The third-order valence-electron chi connectivity index (χ3n) is 4.62. The van der Waals surface area contributed by atoms with E-state index in [2.05, 4.69) is 33.8 Å². The van der Waals surface area contributed by atoms with Gasteiger partial charge in [0.1, 0.15) is 17.4 Å². The Bertz CT molecular complexity index is 761. The first-order valence-electron chi connectivity index (χ1n) is 8.64. The van der Waals surface area contributed by atoms with Crippen LogP contribution in [0.4, 0.5) is 10.1 Å². The normalized spacial score (nSPS) is 16.6. The molecule has 0 amide bonds. The number of rotatable bonds is 5. The number of hydrogen-bond donors (Lipinski definition) is 0.